The lowest BCUT2D eigenvalue weighted by Crippen LogP contribution is -2.49. The molecule has 192 valence electrons. The molecule has 0 heterocycles. The molecule has 0 aliphatic heterocycles. The fourth-order valence-electron chi connectivity index (χ4n) is 3.86. The molecule has 0 saturated heterocycles. The van der Waals surface area contributed by atoms with Crippen LogP contribution in [0.25, 0.3) is 0 Å². The number of hydrogen-bond donors (Lipinski definition) is 1. The van der Waals surface area contributed by atoms with Gasteiger partial charge in [-0.25, -0.2) is 12.8 Å². The van der Waals surface area contributed by atoms with Gasteiger partial charge in [-0.05, 0) is 61.6 Å². The van der Waals surface area contributed by atoms with Crippen LogP contribution in [-0.2, 0) is 26.2 Å². The van der Waals surface area contributed by atoms with Crippen molar-refractivity contribution < 1.29 is 22.4 Å². The number of halogens is 1. The SMILES string of the molecule is CCCNC(=O)[C@H](CC)N(Cc1ccc(F)cc1)C(=O)CCCN(c1cccc(C)c1)S(C)(=O)=O. The van der Waals surface area contributed by atoms with Crippen molar-refractivity contribution in [2.75, 3.05) is 23.7 Å². The zero-order chi connectivity index (χ0) is 26.0. The van der Waals surface area contributed by atoms with E-state index in [1.165, 1.54) is 21.3 Å². The van der Waals surface area contributed by atoms with Crippen LogP contribution in [0, 0.1) is 12.7 Å². The minimum Gasteiger partial charge on any atom is -0.354 e. The second-order valence-corrected chi connectivity index (χ2v) is 10.5. The molecular weight excluding hydrogens is 469 g/mol. The summed E-state index contributed by atoms with van der Waals surface area (Å²) in [5.74, 6) is -0.871. The van der Waals surface area contributed by atoms with Crippen LogP contribution in [0.15, 0.2) is 48.5 Å². The van der Waals surface area contributed by atoms with E-state index in [0.29, 0.717) is 24.2 Å². The van der Waals surface area contributed by atoms with E-state index < -0.39 is 16.1 Å². The first-order valence-electron chi connectivity index (χ1n) is 11.9. The molecule has 0 radical (unpaired) electrons. The molecule has 7 nitrogen and oxygen atoms in total. The molecule has 0 aromatic heterocycles. The van der Waals surface area contributed by atoms with E-state index >= 15 is 0 Å². The first kappa shape index (κ1) is 28.3. The average molecular weight is 506 g/mol. The standard InChI is InChI=1S/C26H36FN3O4S/c1-5-16-28-26(32)24(6-2)29(19-21-12-14-22(27)15-13-21)25(31)11-8-17-30(35(4,33)34)23-10-7-9-20(3)18-23/h7,9-10,12-15,18,24H,5-6,8,11,16-17,19H2,1-4H3,(H,28,32)/t24-/m0/s1. The van der Waals surface area contributed by atoms with Crippen molar-refractivity contribution in [3.63, 3.8) is 0 Å². The minimum absolute atomic E-state index is 0.0661. The van der Waals surface area contributed by atoms with Crippen molar-refractivity contribution in [1.82, 2.24) is 10.2 Å². The van der Waals surface area contributed by atoms with Crippen molar-refractivity contribution in [1.29, 1.82) is 0 Å². The Morgan fingerprint density at radius 3 is 2.34 bits per heavy atom. The molecule has 1 N–H and O–H groups in total. The fraction of sp³-hybridized carbons (Fsp3) is 0.462. The summed E-state index contributed by atoms with van der Waals surface area (Å²) in [7, 11) is -3.54. The van der Waals surface area contributed by atoms with Gasteiger partial charge in [0, 0.05) is 26.1 Å². The summed E-state index contributed by atoms with van der Waals surface area (Å²) in [5, 5.41) is 2.85. The van der Waals surface area contributed by atoms with Gasteiger partial charge in [0.15, 0.2) is 0 Å². The van der Waals surface area contributed by atoms with Crippen LogP contribution in [-0.4, -0.2) is 50.5 Å². The lowest BCUT2D eigenvalue weighted by molar-refractivity contribution is -0.141. The summed E-state index contributed by atoms with van der Waals surface area (Å²) in [5.41, 5.74) is 2.19. The van der Waals surface area contributed by atoms with E-state index in [1.807, 2.05) is 26.8 Å². The third kappa shape index (κ3) is 8.65. The topological polar surface area (TPSA) is 86.8 Å². The maximum absolute atomic E-state index is 13.4. The molecule has 2 aromatic rings. The van der Waals surface area contributed by atoms with Crippen molar-refractivity contribution in [3.05, 3.63) is 65.5 Å². The minimum atomic E-state index is -3.54. The molecular formula is C26H36FN3O4S. The molecule has 0 saturated carbocycles. The van der Waals surface area contributed by atoms with Crippen LogP contribution in [0.3, 0.4) is 0 Å². The van der Waals surface area contributed by atoms with Crippen LogP contribution >= 0.6 is 0 Å². The molecule has 0 aliphatic carbocycles. The van der Waals surface area contributed by atoms with Gasteiger partial charge in [-0.2, -0.15) is 0 Å². The number of nitrogens with one attached hydrogen (secondary N) is 1. The summed E-state index contributed by atoms with van der Waals surface area (Å²) < 4.78 is 39.5. The third-order valence-corrected chi connectivity index (χ3v) is 6.84. The highest BCUT2D eigenvalue weighted by Crippen LogP contribution is 2.20. The zero-order valence-corrected chi connectivity index (χ0v) is 21.8. The van der Waals surface area contributed by atoms with Gasteiger partial charge in [0.25, 0.3) is 0 Å². The number of anilines is 1. The molecule has 0 bridgehead atoms. The number of sulfonamides is 1. The maximum Gasteiger partial charge on any atom is 0.242 e. The van der Waals surface area contributed by atoms with Gasteiger partial charge in [-0.3, -0.25) is 13.9 Å². The van der Waals surface area contributed by atoms with E-state index in [4.69, 9.17) is 0 Å². The highest BCUT2D eigenvalue weighted by Gasteiger charge is 2.28. The van der Waals surface area contributed by atoms with Crippen LogP contribution < -0.4 is 9.62 Å². The van der Waals surface area contributed by atoms with Crippen LogP contribution in [0.2, 0.25) is 0 Å². The molecule has 9 heteroatoms. The van der Waals surface area contributed by atoms with E-state index in [0.717, 1.165) is 18.2 Å². The van der Waals surface area contributed by atoms with Crippen molar-refractivity contribution in [2.24, 2.45) is 0 Å². The van der Waals surface area contributed by atoms with E-state index in [1.54, 1.807) is 30.3 Å². The zero-order valence-electron chi connectivity index (χ0n) is 21.0. The summed E-state index contributed by atoms with van der Waals surface area (Å²) >= 11 is 0. The van der Waals surface area contributed by atoms with Crippen molar-refractivity contribution in [2.45, 2.75) is 59.0 Å². The van der Waals surface area contributed by atoms with Crippen LogP contribution in [0.1, 0.15) is 50.7 Å². The van der Waals surface area contributed by atoms with Gasteiger partial charge in [0.05, 0.1) is 11.9 Å². The number of nitrogens with zero attached hydrogens (tertiary/aromatic N) is 2. The molecule has 0 aliphatic rings. The highest BCUT2D eigenvalue weighted by atomic mass is 32.2. The number of carbonyl (C=O) groups is 2. The number of aryl methyl sites for hydroxylation is 1. The maximum atomic E-state index is 13.4. The smallest absolute Gasteiger partial charge is 0.242 e. The molecule has 0 unspecified atom stereocenters. The van der Waals surface area contributed by atoms with Gasteiger partial charge >= 0.3 is 0 Å². The number of rotatable bonds is 13. The first-order chi connectivity index (χ1) is 16.6. The van der Waals surface area contributed by atoms with Gasteiger partial charge in [-0.1, -0.05) is 38.1 Å². The average Bonchev–Trinajstić information content (AvgIpc) is 2.80. The predicted octanol–water partition coefficient (Wildman–Crippen LogP) is 4.01. The largest absolute Gasteiger partial charge is 0.354 e. The Morgan fingerprint density at radius 1 is 1.09 bits per heavy atom. The number of benzene rings is 2. The Hall–Kier alpha value is -2.94. The van der Waals surface area contributed by atoms with Gasteiger partial charge in [-0.15, -0.1) is 0 Å². The quantitative estimate of drug-likeness (QED) is 0.446. The molecule has 35 heavy (non-hydrogen) atoms. The van der Waals surface area contributed by atoms with Crippen molar-refractivity contribution in [3.8, 4) is 0 Å². The second kappa shape index (κ2) is 13.2. The lowest BCUT2D eigenvalue weighted by atomic mass is 10.1. The fourth-order valence-corrected chi connectivity index (χ4v) is 4.82. The summed E-state index contributed by atoms with van der Waals surface area (Å²) in [6.07, 6.45) is 2.68. The second-order valence-electron chi connectivity index (χ2n) is 8.64. The molecule has 0 spiro atoms. The number of hydrogen-bond acceptors (Lipinski definition) is 4. The number of carbonyl (C=O) groups excluding carboxylic acids is 2. The Kier molecular flexibility index (Phi) is 10.7. The van der Waals surface area contributed by atoms with Gasteiger partial charge in [0.2, 0.25) is 21.8 Å². The molecule has 2 amide bonds. The summed E-state index contributed by atoms with van der Waals surface area (Å²) in [6, 6.07) is 12.3. The third-order valence-electron chi connectivity index (χ3n) is 5.64. The van der Waals surface area contributed by atoms with Gasteiger partial charge < -0.3 is 10.2 Å². The van der Waals surface area contributed by atoms with E-state index in [-0.39, 0.29) is 43.6 Å². The van der Waals surface area contributed by atoms with E-state index in [2.05, 4.69) is 5.32 Å². The lowest BCUT2D eigenvalue weighted by Gasteiger charge is -2.31. The first-order valence-corrected chi connectivity index (χ1v) is 13.8. The Morgan fingerprint density at radius 2 is 1.77 bits per heavy atom. The molecule has 2 aromatic carbocycles. The van der Waals surface area contributed by atoms with Crippen LogP contribution in [0.4, 0.5) is 10.1 Å². The van der Waals surface area contributed by atoms with Crippen LogP contribution in [0.5, 0.6) is 0 Å². The normalized spacial score (nSPS) is 12.1. The monoisotopic (exact) mass is 505 g/mol. The number of amides is 2. The molecule has 1 atom stereocenters. The Labute approximate surface area is 208 Å². The van der Waals surface area contributed by atoms with Gasteiger partial charge in [0.1, 0.15) is 11.9 Å². The Balaban J connectivity index is 2.19. The Bertz CT molecular complexity index is 1090. The predicted molar refractivity (Wildman–Crippen MR) is 137 cm³/mol. The molecule has 2 rings (SSSR count). The highest BCUT2D eigenvalue weighted by molar-refractivity contribution is 7.92. The van der Waals surface area contributed by atoms with E-state index in [9.17, 15) is 22.4 Å². The summed E-state index contributed by atoms with van der Waals surface area (Å²) in [4.78, 5) is 27.6. The molecule has 0 fully saturated rings. The summed E-state index contributed by atoms with van der Waals surface area (Å²) in [6.45, 7) is 6.47. The van der Waals surface area contributed by atoms with Crippen molar-refractivity contribution >= 4 is 27.5 Å².